The van der Waals surface area contributed by atoms with Crippen LogP contribution in [-0.4, -0.2) is 12.4 Å². The Morgan fingerprint density at radius 2 is 2.25 bits per heavy atom. The zero-order valence-corrected chi connectivity index (χ0v) is 10.9. The van der Waals surface area contributed by atoms with Gasteiger partial charge >= 0.3 is 0 Å². The number of Topliss-reactive ketones (excluding diaryl/α,β-unsaturated/α-hetero) is 1. The molecule has 2 nitrogen and oxygen atoms in total. The quantitative estimate of drug-likeness (QED) is 0.828. The molecule has 16 heavy (non-hydrogen) atoms. The third-order valence-corrected chi connectivity index (χ3v) is 3.08. The molecule has 88 valence electrons. The standard InChI is InChI=1S/C12H14BrFO2/c1-3-8(2)12(15)7-16-9-4-5-10(13)11(14)6-9/h4-6,8H,3,7H2,1-2H3. The van der Waals surface area contributed by atoms with E-state index in [9.17, 15) is 9.18 Å². The number of hydrogen-bond acceptors (Lipinski definition) is 2. The number of carbonyl (C=O) groups excluding carboxylic acids is 1. The molecule has 0 aliphatic heterocycles. The van der Waals surface area contributed by atoms with E-state index in [1.807, 2.05) is 13.8 Å². The molecule has 0 saturated heterocycles. The van der Waals surface area contributed by atoms with Gasteiger partial charge in [-0.3, -0.25) is 4.79 Å². The maximum atomic E-state index is 13.1. The van der Waals surface area contributed by atoms with E-state index >= 15 is 0 Å². The first kappa shape index (κ1) is 13.2. The van der Waals surface area contributed by atoms with E-state index in [0.717, 1.165) is 6.42 Å². The highest BCUT2D eigenvalue weighted by atomic mass is 79.9. The second kappa shape index (κ2) is 5.99. The smallest absolute Gasteiger partial charge is 0.172 e. The van der Waals surface area contributed by atoms with Crippen LogP contribution in [-0.2, 0) is 4.79 Å². The number of rotatable bonds is 5. The van der Waals surface area contributed by atoms with Crippen LogP contribution < -0.4 is 4.74 Å². The lowest BCUT2D eigenvalue weighted by molar-refractivity contribution is -0.124. The molecule has 0 N–H and O–H groups in total. The molecule has 0 radical (unpaired) electrons. The lowest BCUT2D eigenvalue weighted by Crippen LogP contribution is -2.18. The summed E-state index contributed by atoms with van der Waals surface area (Å²) in [5, 5.41) is 0. The first-order valence-corrected chi connectivity index (χ1v) is 5.94. The molecule has 0 amide bonds. The van der Waals surface area contributed by atoms with E-state index in [2.05, 4.69) is 15.9 Å². The summed E-state index contributed by atoms with van der Waals surface area (Å²) in [5.74, 6) is -0.00281. The van der Waals surface area contributed by atoms with Gasteiger partial charge in [0.2, 0.25) is 0 Å². The highest BCUT2D eigenvalue weighted by Gasteiger charge is 2.11. The van der Waals surface area contributed by atoms with Crippen molar-refractivity contribution in [2.75, 3.05) is 6.61 Å². The summed E-state index contributed by atoms with van der Waals surface area (Å²) in [5.41, 5.74) is 0. The van der Waals surface area contributed by atoms with Gasteiger partial charge in [-0.05, 0) is 34.5 Å². The molecule has 1 atom stereocenters. The van der Waals surface area contributed by atoms with Crippen LogP contribution in [0.3, 0.4) is 0 Å². The Labute approximate surface area is 103 Å². The molecule has 0 aliphatic rings. The van der Waals surface area contributed by atoms with Gasteiger partial charge in [-0.15, -0.1) is 0 Å². The Kier molecular flexibility index (Phi) is 4.93. The topological polar surface area (TPSA) is 26.3 Å². The predicted octanol–water partition coefficient (Wildman–Crippen LogP) is 3.58. The van der Waals surface area contributed by atoms with Crippen LogP contribution in [0, 0.1) is 11.7 Å². The van der Waals surface area contributed by atoms with Crippen molar-refractivity contribution in [1.82, 2.24) is 0 Å². The van der Waals surface area contributed by atoms with Gasteiger partial charge in [0, 0.05) is 12.0 Å². The molecule has 0 heterocycles. The minimum Gasteiger partial charge on any atom is -0.486 e. The van der Waals surface area contributed by atoms with Gasteiger partial charge < -0.3 is 4.74 Å². The minimum atomic E-state index is -0.395. The third-order valence-electron chi connectivity index (χ3n) is 2.43. The number of halogens is 2. The van der Waals surface area contributed by atoms with Crippen molar-refractivity contribution < 1.29 is 13.9 Å². The van der Waals surface area contributed by atoms with Crippen LogP contribution in [0.5, 0.6) is 5.75 Å². The molecule has 0 spiro atoms. The summed E-state index contributed by atoms with van der Waals surface area (Å²) < 4.78 is 18.7. The molecule has 0 aromatic heterocycles. The fourth-order valence-electron chi connectivity index (χ4n) is 1.09. The van der Waals surface area contributed by atoms with Gasteiger partial charge in [0.1, 0.15) is 18.2 Å². The van der Waals surface area contributed by atoms with E-state index < -0.39 is 5.82 Å². The zero-order chi connectivity index (χ0) is 12.1. The Bertz CT molecular complexity index is 379. The van der Waals surface area contributed by atoms with Crippen molar-refractivity contribution in [3.8, 4) is 5.75 Å². The Morgan fingerprint density at radius 1 is 1.56 bits per heavy atom. The van der Waals surface area contributed by atoms with E-state index in [1.165, 1.54) is 6.07 Å². The fraction of sp³-hybridized carbons (Fsp3) is 0.417. The molecule has 0 bridgehead atoms. The van der Waals surface area contributed by atoms with Crippen molar-refractivity contribution in [3.63, 3.8) is 0 Å². The largest absolute Gasteiger partial charge is 0.486 e. The van der Waals surface area contributed by atoms with Crippen molar-refractivity contribution in [2.24, 2.45) is 5.92 Å². The number of carbonyl (C=O) groups is 1. The van der Waals surface area contributed by atoms with Gasteiger partial charge in [-0.2, -0.15) is 0 Å². The predicted molar refractivity (Wildman–Crippen MR) is 64.1 cm³/mol. The van der Waals surface area contributed by atoms with Gasteiger partial charge in [0.25, 0.3) is 0 Å². The van der Waals surface area contributed by atoms with Crippen LogP contribution in [0.4, 0.5) is 4.39 Å². The van der Waals surface area contributed by atoms with Crippen LogP contribution in [0.2, 0.25) is 0 Å². The van der Waals surface area contributed by atoms with Gasteiger partial charge in [0.05, 0.1) is 4.47 Å². The van der Waals surface area contributed by atoms with E-state index in [-0.39, 0.29) is 18.3 Å². The van der Waals surface area contributed by atoms with Crippen LogP contribution in [0.15, 0.2) is 22.7 Å². The van der Waals surface area contributed by atoms with Gasteiger partial charge in [0.15, 0.2) is 5.78 Å². The molecule has 0 aliphatic carbocycles. The van der Waals surface area contributed by atoms with Crippen LogP contribution in [0.25, 0.3) is 0 Å². The number of ether oxygens (including phenoxy) is 1. The highest BCUT2D eigenvalue weighted by Crippen LogP contribution is 2.21. The maximum Gasteiger partial charge on any atom is 0.172 e. The summed E-state index contributed by atoms with van der Waals surface area (Å²) in [4.78, 5) is 11.5. The van der Waals surface area contributed by atoms with E-state index in [1.54, 1.807) is 12.1 Å². The van der Waals surface area contributed by atoms with Gasteiger partial charge in [-0.25, -0.2) is 4.39 Å². The molecule has 1 rings (SSSR count). The summed E-state index contributed by atoms with van der Waals surface area (Å²) >= 11 is 3.05. The highest BCUT2D eigenvalue weighted by molar-refractivity contribution is 9.10. The lowest BCUT2D eigenvalue weighted by atomic mass is 10.1. The summed E-state index contributed by atoms with van der Waals surface area (Å²) in [7, 11) is 0. The summed E-state index contributed by atoms with van der Waals surface area (Å²) in [6, 6.07) is 4.43. The molecular weight excluding hydrogens is 275 g/mol. The summed E-state index contributed by atoms with van der Waals surface area (Å²) in [6.45, 7) is 3.80. The molecule has 1 aromatic rings. The number of hydrogen-bond donors (Lipinski definition) is 0. The molecule has 4 heteroatoms. The molecule has 0 fully saturated rings. The Hall–Kier alpha value is -0.900. The molecule has 1 aromatic carbocycles. The van der Waals surface area contributed by atoms with E-state index in [4.69, 9.17) is 4.74 Å². The van der Waals surface area contributed by atoms with Gasteiger partial charge in [-0.1, -0.05) is 13.8 Å². The first-order valence-electron chi connectivity index (χ1n) is 5.15. The maximum absolute atomic E-state index is 13.1. The average Bonchev–Trinajstić information content (AvgIpc) is 2.29. The van der Waals surface area contributed by atoms with Crippen LogP contribution in [0.1, 0.15) is 20.3 Å². The van der Waals surface area contributed by atoms with Crippen molar-refractivity contribution in [3.05, 3.63) is 28.5 Å². The van der Waals surface area contributed by atoms with Crippen LogP contribution >= 0.6 is 15.9 Å². The average molecular weight is 289 g/mol. The second-order valence-corrected chi connectivity index (χ2v) is 4.49. The second-order valence-electron chi connectivity index (χ2n) is 3.64. The summed E-state index contributed by atoms with van der Waals surface area (Å²) in [6.07, 6.45) is 0.789. The van der Waals surface area contributed by atoms with Crippen molar-refractivity contribution in [2.45, 2.75) is 20.3 Å². The number of benzene rings is 1. The van der Waals surface area contributed by atoms with E-state index in [0.29, 0.717) is 10.2 Å². The SMILES string of the molecule is CCC(C)C(=O)COc1ccc(Br)c(F)c1. The molecule has 1 unspecified atom stereocenters. The Balaban J connectivity index is 2.55. The number of ketones is 1. The van der Waals surface area contributed by atoms with Crippen molar-refractivity contribution >= 4 is 21.7 Å². The van der Waals surface area contributed by atoms with Crippen molar-refractivity contribution in [1.29, 1.82) is 0 Å². The minimum absolute atomic E-state index is 0.00389. The molecule has 0 saturated carbocycles. The lowest BCUT2D eigenvalue weighted by Gasteiger charge is -2.09. The Morgan fingerprint density at radius 3 is 2.81 bits per heavy atom. The third kappa shape index (κ3) is 3.59. The zero-order valence-electron chi connectivity index (χ0n) is 9.30. The first-order chi connectivity index (χ1) is 7.54. The fourth-order valence-corrected chi connectivity index (χ4v) is 1.34. The monoisotopic (exact) mass is 288 g/mol. The normalized spacial score (nSPS) is 12.2. The molecular formula is C12H14BrFO2.